The largest absolute Gasteiger partial charge is 0.352 e. The van der Waals surface area contributed by atoms with E-state index in [-0.39, 0.29) is 0 Å². The summed E-state index contributed by atoms with van der Waals surface area (Å²) in [6.07, 6.45) is 2.48. The molecule has 1 aliphatic rings. The van der Waals surface area contributed by atoms with E-state index in [4.69, 9.17) is 0 Å². The number of anilines is 1. The van der Waals surface area contributed by atoms with Gasteiger partial charge in [-0.15, -0.1) is 0 Å². The topological polar surface area (TPSA) is 58.0 Å². The number of nitrogens with one attached hydrogen (secondary N) is 2. The Morgan fingerprint density at radius 3 is 3.06 bits per heavy atom. The average Bonchev–Trinajstić information content (AvgIpc) is 2.91. The van der Waals surface area contributed by atoms with E-state index in [9.17, 15) is 0 Å². The molecule has 4 rings (SSSR count). The molecule has 1 aromatic carbocycles. The third-order valence-electron chi connectivity index (χ3n) is 3.14. The van der Waals surface area contributed by atoms with Crippen molar-refractivity contribution in [3.63, 3.8) is 0 Å². The van der Waals surface area contributed by atoms with Crippen LogP contribution < -0.4 is 5.32 Å². The van der Waals surface area contributed by atoms with Crippen LogP contribution in [-0.2, 0) is 0 Å². The molecule has 2 heterocycles. The molecule has 0 radical (unpaired) electrons. The number of hydrogen-bond donors (Lipinski definition) is 2. The lowest BCUT2D eigenvalue weighted by molar-refractivity contribution is 0.986. The van der Waals surface area contributed by atoms with E-state index in [2.05, 4.69) is 45.5 Å². The fourth-order valence-corrected chi connectivity index (χ4v) is 2.08. The SMILES string of the molecule is Cc1ccc2c(c1)nc1nc(NC3CC3)[nH]n12. The molecule has 1 saturated carbocycles. The zero-order chi connectivity index (χ0) is 11.4. The molecule has 3 aromatic rings. The normalized spacial score (nSPS) is 15.8. The maximum absolute atomic E-state index is 4.50. The molecule has 2 N–H and O–H groups in total. The highest BCUT2D eigenvalue weighted by molar-refractivity contribution is 5.80. The van der Waals surface area contributed by atoms with E-state index in [1.54, 1.807) is 0 Å². The Bertz CT molecular complexity index is 704. The van der Waals surface area contributed by atoms with Crippen LogP contribution in [0.25, 0.3) is 16.8 Å². The van der Waals surface area contributed by atoms with Gasteiger partial charge < -0.3 is 5.32 Å². The van der Waals surface area contributed by atoms with E-state index in [1.165, 1.54) is 18.4 Å². The molecule has 1 fully saturated rings. The van der Waals surface area contributed by atoms with Gasteiger partial charge in [-0.25, -0.2) is 9.50 Å². The fourth-order valence-electron chi connectivity index (χ4n) is 2.08. The number of nitrogens with zero attached hydrogens (tertiary/aromatic N) is 3. The molecular formula is C12H13N5. The van der Waals surface area contributed by atoms with E-state index >= 15 is 0 Å². The Labute approximate surface area is 97.9 Å². The first-order valence-electron chi connectivity index (χ1n) is 5.91. The number of hydrogen-bond acceptors (Lipinski definition) is 3. The van der Waals surface area contributed by atoms with Gasteiger partial charge in [0.15, 0.2) is 0 Å². The number of rotatable bonds is 2. The molecule has 0 saturated heterocycles. The summed E-state index contributed by atoms with van der Waals surface area (Å²) < 4.78 is 1.93. The number of fused-ring (bicyclic) bond motifs is 3. The Morgan fingerprint density at radius 2 is 2.24 bits per heavy atom. The molecule has 0 unspecified atom stereocenters. The van der Waals surface area contributed by atoms with E-state index in [1.807, 2.05) is 4.52 Å². The van der Waals surface area contributed by atoms with Gasteiger partial charge in [0.1, 0.15) is 0 Å². The maximum atomic E-state index is 4.50. The van der Waals surface area contributed by atoms with Crippen LogP contribution in [-0.4, -0.2) is 25.6 Å². The molecule has 1 aliphatic carbocycles. The highest BCUT2D eigenvalue weighted by Crippen LogP contribution is 2.24. The molecule has 5 nitrogen and oxygen atoms in total. The Hall–Kier alpha value is -2.04. The Morgan fingerprint density at radius 1 is 1.35 bits per heavy atom. The molecule has 0 bridgehead atoms. The van der Waals surface area contributed by atoms with Crippen LogP contribution in [0.4, 0.5) is 5.95 Å². The lowest BCUT2D eigenvalue weighted by Crippen LogP contribution is -2.02. The van der Waals surface area contributed by atoms with Gasteiger partial charge in [0.05, 0.1) is 11.0 Å². The van der Waals surface area contributed by atoms with Crippen molar-refractivity contribution in [2.24, 2.45) is 0 Å². The van der Waals surface area contributed by atoms with Crippen molar-refractivity contribution in [2.75, 3.05) is 5.32 Å². The quantitative estimate of drug-likeness (QED) is 0.704. The molecule has 0 atom stereocenters. The van der Waals surface area contributed by atoms with Crippen molar-refractivity contribution in [2.45, 2.75) is 25.8 Å². The van der Waals surface area contributed by atoms with Gasteiger partial charge in [-0.05, 0) is 37.5 Å². The molecular weight excluding hydrogens is 214 g/mol. The maximum Gasteiger partial charge on any atom is 0.253 e. The summed E-state index contributed by atoms with van der Waals surface area (Å²) in [4.78, 5) is 8.95. The van der Waals surface area contributed by atoms with Gasteiger partial charge in [0.2, 0.25) is 5.95 Å². The first kappa shape index (κ1) is 9.04. The smallest absolute Gasteiger partial charge is 0.253 e. The van der Waals surface area contributed by atoms with Gasteiger partial charge in [-0.2, -0.15) is 4.98 Å². The van der Waals surface area contributed by atoms with E-state index < -0.39 is 0 Å². The second-order valence-corrected chi connectivity index (χ2v) is 4.73. The molecule has 0 amide bonds. The molecule has 86 valence electrons. The minimum Gasteiger partial charge on any atom is -0.352 e. The van der Waals surface area contributed by atoms with Crippen molar-refractivity contribution in [3.8, 4) is 0 Å². The summed E-state index contributed by atoms with van der Waals surface area (Å²) >= 11 is 0. The number of H-pyrrole nitrogens is 1. The van der Waals surface area contributed by atoms with Crippen molar-refractivity contribution >= 4 is 22.8 Å². The number of aryl methyl sites for hydroxylation is 1. The van der Waals surface area contributed by atoms with E-state index in [0.717, 1.165) is 22.8 Å². The van der Waals surface area contributed by atoms with Crippen LogP contribution in [0.2, 0.25) is 0 Å². The van der Waals surface area contributed by atoms with Crippen LogP contribution in [0.3, 0.4) is 0 Å². The van der Waals surface area contributed by atoms with Gasteiger partial charge in [0, 0.05) is 6.04 Å². The highest BCUT2D eigenvalue weighted by Gasteiger charge is 2.22. The lowest BCUT2D eigenvalue weighted by atomic mass is 10.2. The highest BCUT2D eigenvalue weighted by atomic mass is 15.4. The average molecular weight is 227 g/mol. The van der Waals surface area contributed by atoms with Gasteiger partial charge in [-0.1, -0.05) is 6.07 Å². The number of aromatic nitrogens is 4. The third kappa shape index (κ3) is 1.39. The predicted molar refractivity (Wildman–Crippen MR) is 66.2 cm³/mol. The third-order valence-corrected chi connectivity index (χ3v) is 3.14. The van der Waals surface area contributed by atoms with Crippen molar-refractivity contribution in [3.05, 3.63) is 23.8 Å². The number of benzene rings is 1. The summed E-state index contributed by atoms with van der Waals surface area (Å²) in [7, 11) is 0. The Balaban J connectivity index is 1.89. The first-order chi connectivity index (χ1) is 8.29. The predicted octanol–water partition coefficient (Wildman–Crippen LogP) is 2.09. The minimum absolute atomic E-state index is 0.597. The van der Waals surface area contributed by atoms with Gasteiger partial charge in [0.25, 0.3) is 5.78 Å². The van der Waals surface area contributed by atoms with Crippen LogP contribution >= 0.6 is 0 Å². The fraction of sp³-hybridized carbons (Fsp3) is 0.333. The van der Waals surface area contributed by atoms with Crippen molar-refractivity contribution < 1.29 is 0 Å². The van der Waals surface area contributed by atoms with Crippen LogP contribution in [0.5, 0.6) is 0 Å². The minimum atomic E-state index is 0.597. The second kappa shape index (κ2) is 3.00. The zero-order valence-corrected chi connectivity index (χ0v) is 9.57. The Kier molecular flexibility index (Phi) is 1.59. The summed E-state index contributed by atoms with van der Waals surface area (Å²) in [5.41, 5.74) is 3.28. The van der Waals surface area contributed by atoms with Crippen molar-refractivity contribution in [1.29, 1.82) is 0 Å². The zero-order valence-electron chi connectivity index (χ0n) is 9.57. The lowest BCUT2D eigenvalue weighted by Gasteiger charge is -1.97. The van der Waals surface area contributed by atoms with E-state index in [0.29, 0.717) is 6.04 Å². The van der Waals surface area contributed by atoms with Gasteiger partial charge in [-0.3, -0.25) is 5.10 Å². The standard InChI is InChI=1S/C12H13N5/c1-7-2-5-10-9(6-7)14-12-15-11(16-17(10)12)13-8-3-4-8/h2,5-6,8H,3-4H2,1H3,(H2,13,14,15,16). The number of aromatic amines is 1. The summed E-state index contributed by atoms with van der Waals surface area (Å²) in [6, 6.07) is 6.83. The molecule has 5 heteroatoms. The van der Waals surface area contributed by atoms with Crippen molar-refractivity contribution in [1.82, 2.24) is 19.6 Å². The molecule has 0 spiro atoms. The van der Waals surface area contributed by atoms with Gasteiger partial charge >= 0.3 is 0 Å². The molecule has 2 aromatic heterocycles. The second-order valence-electron chi connectivity index (χ2n) is 4.73. The molecule has 0 aliphatic heterocycles. The van der Waals surface area contributed by atoms with Crippen LogP contribution in [0.15, 0.2) is 18.2 Å². The first-order valence-corrected chi connectivity index (χ1v) is 5.91. The summed E-state index contributed by atoms with van der Waals surface area (Å²) in [6.45, 7) is 2.07. The van der Waals surface area contributed by atoms with Crippen LogP contribution in [0, 0.1) is 6.92 Å². The number of imidazole rings is 1. The summed E-state index contributed by atoms with van der Waals surface area (Å²) in [5, 5.41) is 6.58. The molecule has 17 heavy (non-hydrogen) atoms. The van der Waals surface area contributed by atoms with Crippen LogP contribution in [0.1, 0.15) is 18.4 Å². The summed E-state index contributed by atoms with van der Waals surface area (Å²) in [5.74, 6) is 1.55. The monoisotopic (exact) mass is 227 g/mol.